The number of methoxy groups -OCH3 is 2. The van der Waals surface area contributed by atoms with Crippen molar-refractivity contribution in [3.63, 3.8) is 0 Å². The average molecular weight is 326 g/mol. The number of esters is 1. The number of pyridine rings is 1. The second kappa shape index (κ2) is 8.47. The molecule has 24 heavy (non-hydrogen) atoms. The summed E-state index contributed by atoms with van der Waals surface area (Å²) in [4.78, 5) is 27.6. The van der Waals surface area contributed by atoms with E-state index < -0.39 is 5.97 Å². The summed E-state index contributed by atoms with van der Waals surface area (Å²) >= 11 is 0. The molecule has 0 saturated heterocycles. The van der Waals surface area contributed by atoms with Gasteiger partial charge in [-0.15, -0.1) is 0 Å². The van der Waals surface area contributed by atoms with E-state index in [0.29, 0.717) is 11.3 Å². The zero-order valence-electron chi connectivity index (χ0n) is 13.5. The maximum atomic E-state index is 11.9. The summed E-state index contributed by atoms with van der Waals surface area (Å²) in [7, 11) is 2.78. The Kier molecular flexibility index (Phi) is 6.08. The van der Waals surface area contributed by atoms with Gasteiger partial charge in [-0.1, -0.05) is 12.1 Å². The van der Waals surface area contributed by atoms with Crippen LogP contribution >= 0.6 is 0 Å². The van der Waals surface area contributed by atoms with Crippen LogP contribution in [-0.4, -0.2) is 31.1 Å². The standard InChI is InChI=1S/C18H18N2O4/c1-23-16-7-5-14(10-15(16)18(22)24-2)12-20-17(21)8-6-13-4-3-9-19-11-13/h3-11H,12H2,1-2H3,(H,20,21)/b8-6+. The molecule has 0 aliphatic rings. The lowest BCUT2D eigenvalue weighted by atomic mass is 10.1. The Morgan fingerprint density at radius 1 is 1.25 bits per heavy atom. The van der Waals surface area contributed by atoms with E-state index in [1.807, 2.05) is 6.07 Å². The molecule has 6 heteroatoms. The van der Waals surface area contributed by atoms with Crippen LogP contribution in [0.2, 0.25) is 0 Å². The number of rotatable bonds is 6. The number of carbonyl (C=O) groups excluding carboxylic acids is 2. The Labute approximate surface area is 140 Å². The molecule has 1 N–H and O–H groups in total. The van der Waals surface area contributed by atoms with Gasteiger partial charge in [0.25, 0.3) is 0 Å². The van der Waals surface area contributed by atoms with Gasteiger partial charge in [0.1, 0.15) is 11.3 Å². The lowest BCUT2D eigenvalue weighted by molar-refractivity contribution is -0.116. The summed E-state index contributed by atoms with van der Waals surface area (Å²) in [6, 6.07) is 8.72. The van der Waals surface area contributed by atoms with Crippen molar-refractivity contribution in [2.45, 2.75) is 6.54 Å². The first-order valence-corrected chi connectivity index (χ1v) is 7.25. The number of nitrogens with zero attached hydrogens (tertiary/aromatic N) is 1. The number of benzene rings is 1. The molecule has 1 aromatic heterocycles. The first-order valence-electron chi connectivity index (χ1n) is 7.25. The van der Waals surface area contributed by atoms with Crippen LogP contribution in [0.15, 0.2) is 48.8 Å². The molecule has 2 rings (SSSR count). The van der Waals surface area contributed by atoms with Crippen LogP contribution in [0.25, 0.3) is 6.08 Å². The van der Waals surface area contributed by atoms with Gasteiger partial charge >= 0.3 is 5.97 Å². The number of carbonyl (C=O) groups is 2. The van der Waals surface area contributed by atoms with Crippen LogP contribution in [-0.2, 0) is 16.1 Å². The number of hydrogen-bond donors (Lipinski definition) is 1. The normalized spacial score (nSPS) is 10.4. The highest BCUT2D eigenvalue weighted by atomic mass is 16.5. The van der Waals surface area contributed by atoms with E-state index in [1.54, 1.807) is 42.7 Å². The van der Waals surface area contributed by atoms with E-state index in [-0.39, 0.29) is 12.5 Å². The van der Waals surface area contributed by atoms with Gasteiger partial charge in [-0.3, -0.25) is 9.78 Å². The average Bonchev–Trinajstić information content (AvgIpc) is 2.64. The highest BCUT2D eigenvalue weighted by Gasteiger charge is 2.13. The molecule has 0 fully saturated rings. The predicted molar refractivity (Wildman–Crippen MR) is 89.5 cm³/mol. The van der Waals surface area contributed by atoms with E-state index in [0.717, 1.165) is 11.1 Å². The van der Waals surface area contributed by atoms with E-state index in [9.17, 15) is 9.59 Å². The molecule has 1 amide bonds. The van der Waals surface area contributed by atoms with Gasteiger partial charge in [0.15, 0.2) is 0 Å². The number of nitrogens with one attached hydrogen (secondary N) is 1. The minimum Gasteiger partial charge on any atom is -0.496 e. The molecule has 1 heterocycles. The first kappa shape index (κ1) is 17.2. The number of amides is 1. The van der Waals surface area contributed by atoms with Crippen LogP contribution < -0.4 is 10.1 Å². The zero-order valence-corrected chi connectivity index (χ0v) is 13.5. The fourth-order valence-electron chi connectivity index (χ4n) is 2.03. The maximum Gasteiger partial charge on any atom is 0.341 e. The monoisotopic (exact) mass is 326 g/mol. The van der Waals surface area contributed by atoms with Gasteiger partial charge in [0.05, 0.1) is 14.2 Å². The largest absolute Gasteiger partial charge is 0.496 e. The molecule has 0 aliphatic carbocycles. The van der Waals surface area contributed by atoms with Crippen molar-refractivity contribution in [2.75, 3.05) is 14.2 Å². The van der Waals surface area contributed by atoms with Crippen molar-refractivity contribution in [1.82, 2.24) is 10.3 Å². The van der Waals surface area contributed by atoms with Gasteiger partial charge < -0.3 is 14.8 Å². The molecule has 2 aromatic rings. The quantitative estimate of drug-likeness (QED) is 0.650. The van der Waals surface area contributed by atoms with Crippen LogP contribution in [0.5, 0.6) is 5.75 Å². The SMILES string of the molecule is COC(=O)c1cc(CNC(=O)/C=C/c2cccnc2)ccc1OC. The fourth-order valence-corrected chi connectivity index (χ4v) is 2.03. The first-order chi connectivity index (χ1) is 11.6. The number of hydrogen-bond acceptors (Lipinski definition) is 5. The van der Waals surface area contributed by atoms with Crippen molar-refractivity contribution in [3.05, 3.63) is 65.5 Å². The summed E-state index contributed by atoms with van der Waals surface area (Å²) in [6.45, 7) is 0.282. The lowest BCUT2D eigenvalue weighted by Gasteiger charge is -2.09. The van der Waals surface area contributed by atoms with Crippen molar-refractivity contribution in [1.29, 1.82) is 0 Å². The highest BCUT2D eigenvalue weighted by Crippen LogP contribution is 2.20. The minimum absolute atomic E-state index is 0.241. The summed E-state index contributed by atoms with van der Waals surface area (Å²) in [6.07, 6.45) is 6.44. The summed E-state index contributed by atoms with van der Waals surface area (Å²) in [5, 5.41) is 2.75. The van der Waals surface area contributed by atoms with Gasteiger partial charge in [0.2, 0.25) is 5.91 Å². The van der Waals surface area contributed by atoms with Crippen molar-refractivity contribution >= 4 is 18.0 Å². The van der Waals surface area contributed by atoms with Crippen molar-refractivity contribution in [3.8, 4) is 5.75 Å². The molecule has 0 bridgehead atoms. The molecule has 0 spiro atoms. The third-order valence-corrected chi connectivity index (χ3v) is 3.25. The Bertz CT molecular complexity index is 742. The second-order valence-electron chi connectivity index (χ2n) is 4.86. The smallest absolute Gasteiger partial charge is 0.341 e. The van der Waals surface area contributed by atoms with Gasteiger partial charge in [-0.05, 0) is 35.4 Å². The van der Waals surface area contributed by atoms with E-state index in [2.05, 4.69) is 10.3 Å². The second-order valence-corrected chi connectivity index (χ2v) is 4.86. The van der Waals surface area contributed by atoms with Crippen LogP contribution in [0, 0.1) is 0 Å². The van der Waals surface area contributed by atoms with Crippen molar-refractivity contribution in [2.24, 2.45) is 0 Å². The topological polar surface area (TPSA) is 77.5 Å². The van der Waals surface area contributed by atoms with E-state index >= 15 is 0 Å². The summed E-state index contributed by atoms with van der Waals surface area (Å²) in [5.41, 5.74) is 1.92. The lowest BCUT2D eigenvalue weighted by Crippen LogP contribution is -2.20. The highest BCUT2D eigenvalue weighted by molar-refractivity contribution is 5.93. The molecule has 6 nitrogen and oxygen atoms in total. The third kappa shape index (κ3) is 4.67. The fraction of sp³-hybridized carbons (Fsp3) is 0.167. The molecule has 124 valence electrons. The van der Waals surface area contributed by atoms with Gasteiger partial charge in [-0.2, -0.15) is 0 Å². The summed E-state index contributed by atoms with van der Waals surface area (Å²) in [5.74, 6) is -0.306. The predicted octanol–water partition coefficient (Wildman–Crippen LogP) is 2.21. The molecule has 0 radical (unpaired) electrons. The van der Waals surface area contributed by atoms with Gasteiger partial charge in [0, 0.05) is 25.0 Å². The van der Waals surface area contributed by atoms with Crippen LogP contribution in [0.4, 0.5) is 0 Å². The third-order valence-electron chi connectivity index (χ3n) is 3.25. The molecular weight excluding hydrogens is 308 g/mol. The van der Waals surface area contributed by atoms with Gasteiger partial charge in [-0.25, -0.2) is 4.79 Å². The minimum atomic E-state index is -0.489. The molecular formula is C18H18N2O4. The zero-order chi connectivity index (χ0) is 17.4. The number of aromatic nitrogens is 1. The van der Waals surface area contributed by atoms with Crippen LogP contribution in [0.3, 0.4) is 0 Å². The van der Waals surface area contributed by atoms with E-state index in [4.69, 9.17) is 9.47 Å². The Hall–Kier alpha value is -3.15. The molecule has 0 saturated carbocycles. The van der Waals surface area contributed by atoms with Crippen LogP contribution in [0.1, 0.15) is 21.5 Å². The van der Waals surface area contributed by atoms with E-state index in [1.165, 1.54) is 20.3 Å². The Morgan fingerprint density at radius 3 is 2.75 bits per heavy atom. The van der Waals surface area contributed by atoms with Crippen molar-refractivity contribution < 1.29 is 19.1 Å². The maximum absolute atomic E-state index is 11.9. The molecule has 0 atom stereocenters. The summed E-state index contributed by atoms with van der Waals surface area (Å²) < 4.78 is 9.85. The molecule has 1 aromatic carbocycles. The Morgan fingerprint density at radius 2 is 2.08 bits per heavy atom. The Balaban J connectivity index is 2.00. The number of ether oxygens (including phenoxy) is 2. The molecule has 0 unspecified atom stereocenters. The molecule has 0 aliphatic heterocycles.